The van der Waals surface area contributed by atoms with Crippen molar-refractivity contribution in [3.63, 3.8) is 0 Å². The van der Waals surface area contributed by atoms with Gasteiger partial charge in [0.2, 0.25) is 0 Å². The van der Waals surface area contributed by atoms with E-state index >= 15 is 0 Å². The van der Waals surface area contributed by atoms with Crippen molar-refractivity contribution in [3.8, 4) is 0 Å². The number of alkyl halides is 3. The number of benzene rings is 1. The molecule has 2 rings (SSSR count). The van der Waals surface area contributed by atoms with Crippen LogP contribution in [0.4, 0.5) is 18.3 Å². The molecule has 1 N–H and O–H groups in total. The molecule has 17 heavy (non-hydrogen) atoms. The summed E-state index contributed by atoms with van der Waals surface area (Å²) in [5.74, 6) is 0. The number of thiazole rings is 1. The molecule has 0 bridgehead atoms. The van der Waals surface area contributed by atoms with Crippen LogP contribution >= 0.6 is 11.3 Å². The normalized spacial score (nSPS) is 13.9. The van der Waals surface area contributed by atoms with E-state index in [1.54, 1.807) is 0 Å². The van der Waals surface area contributed by atoms with Gasteiger partial charge in [-0.2, -0.15) is 13.2 Å². The highest BCUT2D eigenvalue weighted by molar-refractivity contribution is 7.22. The highest BCUT2D eigenvalue weighted by Crippen LogP contribution is 2.28. The first-order chi connectivity index (χ1) is 7.94. The quantitative estimate of drug-likeness (QED) is 0.900. The number of anilines is 1. The van der Waals surface area contributed by atoms with Crippen molar-refractivity contribution in [2.75, 3.05) is 5.32 Å². The minimum Gasteiger partial charge on any atom is -0.359 e. The summed E-state index contributed by atoms with van der Waals surface area (Å²) in [7, 11) is 0. The molecule has 0 aliphatic heterocycles. The number of para-hydroxylation sites is 1. The van der Waals surface area contributed by atoms with Crippen molar-refractivity contribution < 1.29 is 13.2 Å². The van der Waals surface area contributed by atoms with E-state index in [0.717, 1.165) is 10.2 Å². The second-order valence-electron chi connectivity index (χ2n) is 3.85. The van der Waals surface area contributed by atoms with E-state index < -0.39 is 18.6 Å². The van der Waals surface area contributed by atoms with Crippen LogP contribution in [0, 0.1) is 0 Å². The van der Waals surface area contributed by atoms with Crippen molar-refractivity contribution in [1.29, 1.82) is 0 Å². The first-order valence-corrected chi connectivity index (χ1v) is 5.94. The molecular weight excluding hydrogens is 249 g/mol. The summed E-state index contributed by atoms with van der Waals surface area (Å²) in [6, 6.07) is 6.79. The number of nitrogens with one attached hydrogen (secondary N) is 1. The Kier molecular flexibility index (Phi) is 3.24. The number of nitrogens with zero attached hydrogens (tertiary/aromatic N) is 1. The molecule has 0 amide bonds. The van der Waals surface area contributed by atoms with Gasteiger partial charge >= 0.3 is 6.18 Å². The molecule has 92 valence electrons. The van der Waals surface area contributed by atoms with Crippen molar-refractivity contribution in [2.45, 2.75) is 25.6 Å². The molecule has 2 aromatic rings. The van der Waals surface area contributed by atoms with E-state index in [0.29, 0.717) is 5.13 Å². The van der Waals surface area contributed by atoms with Gasteiger partial charge in [-0.1, -0.05) is 23.5 Å². The maximum absolute atomic E-state index is 12.2. The van der Waals surface area contributed by atoms with Gasteiger partial charge in [-0.05, 0) is 19.1 Å². The summed E-state index contributed by atoms with van der Waals surface area (Å²) in [5, 5.41) is 3.31. The topological polar surface area (TPSA) is 24.9 Å². The maximum atomic E-state index is 12.2. The largest absolute Gasteiger partial charge is 0.391 e. The van der Waals surface area contributed by atoms with Crippen LogP contribution in [0.15, 0.2) is 24.3 Å². The fraction of sp³-hybridized carbons (Fsp3) is 0.364. The molecule has 1 atom stereocenters. The number of hydrogen-bond donors (Lipinski definition) is 1. The Labute approximate surface area is 100 Å². The Morgan fingerprint density at radius 2 is 2.06 bits per heavy atom. The van der Waals surface area contributed by atoms with E-state index in [2.05, 4.69) is 10.3 Å². The Hall–Kier alpha value is -1.30. The van der Waals surface area contributed by atoms with Gasteiger partial charge in [-0.15, -0.1) is 0 Å². The Bertz CT molecular complexity index is 474. The Balaban J connectivity index is 2.08. The molecule has 0 saturated heterocycles. The number of halogens is 3. The summed E-state index contributed by atoms with van der Waals surface area (Å²) >= 11 is 1.36. The lowest BCUT2D eigenvalue weighted by Gasteiger charge is -2.14. The number of hydrogen-bond acceptors (Lipinski definition) is 3. The molecule has 1 aromatic heterocycles. The van der Waals surface area contributed by atoms with Gasteiger partial charge in [-0.25, -0.2) is 4.98 Å². The fourth-order valence-electron chi connectivity index (χ4n) is 1.54. The smallest absolute Gasteiger partial charge is 0.359 e. The van der Waals surface area contributed by atoms with Gasteiger partial charge in [0.25, 0.3) is 0 Å². The molecule has 1 aromatic carbocycles. The van der Waals surface area contributed by atoms with Gasteiger partial charge < -0.3 is 5.32 Å². The zero-order valence-corrected chi connectivity index (χ0v) is 9.90. The molecule has 6 heteroatoms. The van der Waals surface area contributed by atoms with Gasteiger partial charge in [0.05, 0.1) is 16.6 Å². The van der Waals surface area contributed by atoms with Crippen LogP contribution < -0.4 is 5.32 Å². The van der Waals surface area contributed by atoms with Crippen LogP contribution in [0.1, 0.15) is 13.3 Å². The first-order valence-electron chi connectivity index (χ1n) is 5.13. The highest BCUT2D eigenvalue weighted by atomic mass is 32.1. The second kappa shape index (κ2) is 4.52. The van der Waals surface area contributed by atoms with Crippen LogP contribution in [0.5, 0.6) is 0 Å². The highest BCUT2D eigenvalue weighted by Gasteiger charge is 2.30. The minimum absolute atomic E-state index is 0.531. The van der Waals surface area contributed by atoms with Crippen LogP contribution in [-0.4, -0.2) is 17.2 Å². The predicted molar refractivity (Wildman–Crippen MR) is 63.4 cm³/mol. The minimum atomic E-state index is -4.15. The van der Waals surface area contributed by atoms with Crippen molar-refractivity contribution in [1.82, 2.24) is 4.98 Å². The van der Waals surface area contributed by atoms with E-state index in [1.807, 2.05) is 24.3 Å². The number of aromatic nitrogens is 1. The Morgan fingerprint density at radius 1 is 1.35 bits per heavy atom. The van der Waals surface area contributed by atoms with E-state index in [9.17, 15) is 13.2 Å². The predicted octanol–water partition coefficient (Wildman–Crippen LogP) is 4.05. The van der Waals surface area contributed by atoms with Crippen molar-refractivity contribution in [3.05, 3.63) is 24.3 Å². The molecule has 0 radical (unpaired) electrons. The molecule has 0 spiro atoms. The molecule has 0 aliphatic rings. The average Bonchev–Trinajstić information content (AvgIpc) is 2.55. The van der Waals surface area contributed by atoms with Crippen LogP contribution in [0.2, 0.25) is 0 Å². The third-order valence-electron chi connectivity index (χ3n) is 2.20. The summed E-state index contributed by atoms with van der Waals surface area (Å²) in [4.78, 5) is 4.22. The lowest BCUT2D eigenvalue weighted by atomic mass is 10.2. The molecular formula is C11H11F3N2S. The third kappa shape index (κ3) is 3.33. The van der Waals surface area contributed by atoms with Crippen LogP contribution in [0.3, 0.4) is 0 Å². The zero-order chi connectivity index (χ0) is 12.5. The summed E-state index contributed by atoms with van der Waals surface area (Å²) in [6.45, 7) is 1.50. The maximum Gasteiger partial charge on any atom is 0.391 e. The van der Waals surface area contributed by atoms with E-state index in [4.69, 9.17) is 0 Å². The molecule has 1 unspecified atom stereocenters. The summed E-state index contributed by atoms with van der Waals surface area (Å²) in [5.41, 5.74) is 0.805. The van der Waals surface area contributed by atoms with Gasteiger partial charge in [0.15, 0.2) is 5.13 Å². The second-order valence-corrected chi connectivity index (χ2v) is 4.88. The standard InChI is InChI=1S/C11H11F3N2S/c1-7(6-11(12,13)14)15-10-16-8-4-2-3-5-9(8)17-10/h2-5,7H,6H2,1H3,(H,15,16). The molecule has 2 nitrogen and oxygen atoms in total. The first kappa shape index (κ1) is 12.2. The number of rotatable bonds is 3. The van der Waals surface area contributed by atoms with Crippen molar-refractivity contribution >= 4 is 26.7 Å². The average molecular weight is 260 g/mol. The van der Waals surface area contributed by atoms with Gasteiger partial charge in [-0.3, -0.25) is 0 Å². The summed E-state index contributed by atoms with van der Waals surface area (Å²) in [6.07, 6.45) is -5.01. The molecule has 1 heterocycles. The Morgan fingerprint density at radius 3 is 2.71 bits per heavy atom. The van der Waals surface area contributed by atoms with Gasteiger partial charge in [0, 0.05) is 6.04 Å². The molecule has 0 saturated carbocycles. The van der Waals surface area contributed by atoms with Gasteiger partial charge in [0.1, 0.15) is 0 Å². The lowest BCUT2D eigenvalue weighted by Crippen LogP contribution is -2.23. The molecule has 0 fully saturated rings. The van der Waals surface area contributed by atoms with Crippen LogP contribution in [0.25, 0.3) is 10.2 Å². The zero-order valence-electron chi connectivity index (χ0n) is 9.08. The lowest BCUT2D eigenvalue weighted by molar-refractivity contribution is -0.136. The summed E-state index contributed by atoms with van der Waals surface area (Å²) < 4.78 is 37.4. The SMILES string of the molecule is CC(CC(F)(F)F)Nc1nc2ccccc2s1. The van der Waals surface area contributed by atoms with E-state index in [1.165, 1.54) is 18.3 Å². The fourth-order valence-corrected chi connectivity index (χ4v) is 2.52. The van der Waals surface area contributed by atoms with Crippen LogP contribution in [-0.2, 0) is 0 Å². The van der Waals surface area contributed by atoms with Crippen molar-refractivity contribution in [2.24, 2.45) is 0 Å². The monoisotopic (exact) mass is 260 g/mol. The van der Waals surface area contributed by atoms with E-state index in [-0.39, 0.29) is 0 Å². The number of fused-ring (bicyclic) bond motifs is 1. The third-order valence-corrected chi connectivity index (χ3v) is 3.17. The molecule has 0 aliphatic carbocycles.